The Morgan fingerprint density at radius 1 is 1.28 bits per heavy atom. The number of carbonyl (C=O) groups excluding carboxylic acids is 1. The Hall–Kier alpha value is -0.800. The molecule has 1 aliphatic rings. The Balaban J connectivity index is 1.95. The minimum Gasteiger partial charge on any atom is -0.303 e. The number of benzene rings is 1. The average Bonchev–Trinajstić information content (AvgIpc) is 2.91. The first-order chi connectivity index (χ1) is 8.70. The van der Waals surface area contributed by atoms with Crippen LogP contribution in [0.1, 0.15) is 30.1 Å². The number of hydrogen-bond acceptors (Lipinski definition) is 3. The number of Topliss-reactive ketones (excluding diaryl/α,β-unsaturated/α-hetero) is 1. The molecule has 1 atom stereocenters. The van der Waals surface area contributed by atoms with Crippen LogP contribution in [0.5, 0.6) is 0 Å². The first-order valence-electron chi connectivity index (χ1n) is 6.61. The summed E-state index contributed by atoms with van der Waals surface area (Å²) in [5, 5.41) is 0. The third kappa shape index (κ3) is 3.36. The Morgan fingerprint density at radius 2 is 1.89 bits per heavy atom. The highest BCUT2D eigenvalue weighted by Gasteiger charge is 2.20. The molecule has 0 bridgehead atoms. The SMILES string of the molecule is CSc1ccc(C(=O)C(C)CN2CCCC2)cc1. The Labute approximate surface area is 114 Å². The molecular formula is C15H21NOS. The van der Waals surface area contributed by atoms with Crippen molar-refractivity contribution in [2.24, 2.45) is 5.92 Å². The van der Waals surface area contributed by atoms with E-state index in [1.807, 2.05) is 37.4 Å². The van der Waals surface area contributed by atoms with Crippen LogP contribution in [0.25, 0.3) is 0 Å². The van der Waals surface area contributed by atoms with E-state index in [-0.39, 0.29) is 11.7 Å². The lowest BCUT2D eigenvalue weighted by Crippen LogP contribution is -2.29. The van der Waals surface area contributed by atoms with Gasteiger partial charge in [0.1, 0.15) is 0 Å². The van der Waals surface area contributed by atoms with Crippen LogP contribution >= 0.6 is 11.8 Å². The van der Waals surface area contributed by atoms with Gasteiger partial charge in [0, 0.05) is 22.9 Å². The molecule has 3 heteroatoms. The number of rotatable bonds is 5. The minimum absolute atomic E-state index is 0.100. The predicted octanol–water partition coefficient (Wildman–Crippen LogP) is 3.32. The molecule has 0 aliphatic carbocycles. The van der Waals surface area contributed by atoms with Crippen molar-refractivity contribution in [1.29, 1.82) is 0 Å². The number of nitrogens with zero attached hydrogens (tertiary/aromatic N) is 1. The Morgan fingerprint density at radius 3 is 2.44 bits per heavy atom. The maximum absolute atomic E-state index is 12.3. The highest BCUT2D eigenvalue weighted by Crippen LogP contribution is 2.18. The van der Waals surface area contributed by atoms with Crippen molar-refractivity contribution in [3.05, 3.63) is 29.8 Å². The first-order valence-corrected chi connectivity index (χ1v) is 7.84. The zero-order valence-electron chi connectivity index (χ0n) is 11.2. The quantitative estimate of drug-likeness (QED) is 0.600. The molecule has 2 rings (SSSR count). The van der Waals surface area contributed by atoms with Crippen LogP contribution in [0.4, 0.5) is 0 Å². The van der Waals surface area contributed by atoms with E-state index in [4.69, 9.17) is 0 Å². The highest BCUT2D eigenvalue weighted by molar-refractivity contribution is 7.98. The van der Waals surface area contributed by atoms with Gasteiger partial charge < -0.3 is 4.90 Å². The number of hydrogen-bond donors (Lipinski definition) is 0. The molecule has 1 aliphatic heterocycles. The smallest absolute Gasteiger partial charge is 0.166 e. The van der Waals surface area contributed by atoms with E-state index >= 15 is 0 Å². The van der Waals surface area contributed by atoms with Gasteiger partial charge in [-0.25, -0.2) is 0 Å². The second-order valence-corrected chi connectivity index (χ2v) is 5.88. The van der Waals surface area contributed by atoms with E-state index in [0.29, 0.717) is 0 Å². The molecule has 0 N–H and O–H groups in total. The number of likely N-dealkylation sites (tertiary alicyclic amines) is 1. The van der Waals surface area contributed by atoms with E-state index in [2.05, 4.69) is 4.90 Å². The van der Waals surface area contributed by atoms with Gasteiger partial charge in [-0.3, -0.25) is 4.79 Å². The molecule has 1 fully saturated rings. The second kappa shape index (κ2) is 6.39. The fourth-order valence-corrected chi connectivity index (χ4v) is 2.88. The summed E-state index contributed by atoms with van der Waals surface area (Å²) in [6.45, 7) is 5.26. The van der Waals surface area contributed by atoms with Crippen LogP contribution in [0, 0.1) is 5.92 Å². The van der Waals surface area contributed by atoms with Gasteiger partial charge in [0.2, 0.25) is 0 Å². The van der Waals surface area contributed by atoms with Crippen LogP contribution in [-0.2, 0) is 0 Å². The van der Waals surface area contributed by atoms with Gasteiger partial charge in [-0.2, -0.15) is 0 Å². The molecule has 18 heavy (non-hydrogen) atoms. The summed E-state index contributed by atoms with van der Waals surface area (Å²) in [4.78, 5) is 15.9. The maximum atomic E-state index is 12.3. The van der Waals surface area contributed by atoms with Crippen molar-refractivity contribution in [2.75, 3.05) is 25.9 Å². The largest absolute Gasteiger partial charge is 0.303 e. The summed E-state index contributed by atoms with van der Waals surface area (Å²) in [5.41, 5.74) is 0.847. The number of ketones is 1. The van der Waals surface area contributed by atoms with Gasteiger partial charge in [-0.15, -0.1) is 11.8 Å². The van der Waals surface area contributed by atoms with Crippen LogP contribution in [0.15, 0.2) is 29.2 Å². The fourth-order valence-electron chi connectivity index (χ4n) is 2.48. The molecule has 2 nitrogen and oxygen atoms in total. The zero-order chi connectivity index (χ0) is 13.0. The van der Waals surface area contributed by atoms with Crippen molar-refractivity contribution in [3.63, 3.8) is 0 Å². The second-order valence-electron chi connectivity index (χ2n) is 5.00. The lowest BCUT2D eigenvalue weighted by Gasteiger charge is -2.19. The summed E-state index contributed by atoms with van der Waals surface area (Å²) in [6.07, 6.45) is 4.61. The van der Waals surface area contributed by atoms with Gasteiger partial charge in [-0.1, -0.05) is 19.1 Å². The monoisotopic (exact) mass is 263 g/mol. The zero-order valence-corrected chi connectivity index (χ0v) is 12.0. The predicted molar refractivity (Wildman–Crippen MR) is 77.4 cm³/mol. The van der Waals surface area contributed by atoms with E-state index in [0.717, 1.165) is 25.2 Å². The molecule has 1 unspecified atom stereocenters. The van der Waals surface area contributed by atoms with Crippen LogP contribution in [0.3, 0.4) is 0 Å². The van der Waals surface area contributed by atoms with Gasteiger partial charge in [0.05, 0.1) is 0 Å². The molecule has 0 saturated carbocycles. The van der Waals surface area contributed by atoms with E-state index < -0.39 is 0 Å². The molecule has 1 aromatic carbocycles. The van der Waals surface area contributed by atoms with Crippen molar-refractivity contribution < 1.29 is 4.79 Å². The molecule has 1 heterocycles. The van der Waals surface area contributed by atoms with Crippen LogP contribution < -0.4 is 0 Å². The van der Waals surface area contributed by atoms with Gasteiger partial charge >= 0.3 is 0 Å². The van der Waals surface area contributed by atoms with Crippen molar-refractivity contribution in [3.8, 4) is 0 Å². The highest BCUT2D eigenvalue weighted by atomic mass is 32.2. The lowest BCUT2D eigenvalue weighted by atomic mass is 9.99. The van der Waals surface area contributed by atoms with Crippen LogP contribution in [-0.4, -0.2) is 36.6 Å². The van der Waals surface area contributed by atoms with Gasteiger partial charge in [-0.05, 0) is 44.3 Å². The molecule has 98 valence electrons. The standard InChI is InChI=1S/C15H21NOS/c1-12(11-16-9-3-4-10-16)15(17)13-5-7-14(18-2)8-6-13/h5-8,12H,3-4,9-11H2,1-2H3. The third-order valence-corrected chi connectivity index (χ3v) is 4.30. The minimum atomic E-state index is 0.100. The molecular weight excluding hydrogens is 242 g/mol. The topological polar surface area (TPSA) is 20.3 Å². The van der Waals surface area contributed by atoms with E-state index in [1.54, 1.807) is 11.8 Å². The Bertz CT molecular complexity index is 395. The van der Waals surface area contributed by atoms with E-state index in [1.165, 1.54) is 17.7 Å². The summed E-state index contributed by atoms with van der Waals surface area (Å²) >= 11 is 1.70. The van der Waals surface area contributed by atoms with Crippen molar-refractivity contribution in [1.82, 2.24) is 4.90 Å². The van der Waals surface area contributed by atoms with Gasteiger partial charge in [0.15, 0.2) is 5.78 Å². The molecule has 0 amide bonds. The van der Waals surface area contributed by atoms with Crippen molar-refractivity contribution in [2.45, 2.75) is 24.7 Å². The molecule has 0 spiro atoms. The van der Waals surface area contributed by atoms with Gasteiger partial charge in [0.25, 0.3) is 0 Å². The molecule has 0 radical (unpaired) electrons. The summed E-state index contributed by atoms with van der Waals surface area (Å²) < 4.78 is 0. The van der Waals surface area contributed by atoms with E-state index in [9.17, 15) is 4.79 Å². The summed E-state index contributed by atoms with van der Waals surface area (Å²) in [5.74, 6) is 0.373. The normalized spacial score (nSPS) is 17.9. The average molecular weight is 263 g/mol. The maximum Gasteiger partial charge on any atom is 0.166 e. The fraction of sp³-hybridized carbons (Fsp3) is 0.533. The molecule has 1 saturated heterocycles. The molecule has 1 aromatic rings. The number of carbonyl (C=O) groups is 1. The van der Waals surface area contributed by atoms with Crippen molar-refractivity contribution >= 4 is 17.5 Å². The lowest BCUT2D eigenvalue weighted by molar-refractivity contribution is 0.0903. The third-order valence-electron chi connectivity index (χ3n) is 3.55. The molecule has 0 aromatic heterocycles. The van der Waals surface area contributed by atoms with Crippen LogP contribution in [0.2, 0.25) is 0 Å². The Kier molecular flexibility index (Phi) is 4.84. The summed E-state index contributed by atoms with van der Waals surface area (Å²) in [7, 11) is 0. The first kappa shape index (κ1) is 13.6. The summed E-state index contributed by atoms with van der Waals surface area (Å²) in [6, 6.07) is 7.96. The number of thioether (sulfide) groups is 1.